The van der Waals surface area contributed by atoms with Crippen LogP contribution in [0.1, 0.15) is 87.9 Å². The molecule has 3 N–H and O–H groups in total. The number of carbonyl (C=O) groups is 1. The molecule has 0 aliphatic heterocycles. The van der Waals surface area contributed by atoms with Gasteiger partial charge >= 0.3 is 5.97 Å². The lowest BCUT2D eigenvalue weighted by Gasteiger charge is -2.23. The number of unbranched alkanes of at least 4 members (excludes halogenated alkanes) is 3. The van der Waals surface area contributed by atoms with Crippen molar-refractivity contribution in [3.63, 3.8) is 0 Å². The summed E-state index contributed by atoms with van der Waals surface area (Å²) >= 11 is 6.54. The zero-order valence-corrected chi connectivity index (χ0v) is 18.1. The van der Waals surface area contributed by atoms with Gasteiger partial charge in [0.2, 0.25) is 0 Å². The van der Waals surface area contributed by atoms with Gasteiger partial charge in [0.05, 0.1) is 12.2 Å². The van der Waals surface area contributed by atoms with Gasteiger partial charge < -0.3 is 15.3 Å². The Bertz CT molecular complexity index is 643. The molecule has 0 bridgehead atoms. The lowest BCUT2D eigenvalue weighted by atomic mass is 9.84. The molecule has 29 heavy (non-hydrogen) atoms. The number of carboxylic acid groups (broad SMARTS) is 1. The van der Waals surface area contributed by atoms with E-state index in [1.165, 1.54) is 0 Å². The summed E-state index contributed by atoms with van der Waals surface area (Å²) in [5, 5.41) is 29.5. The van der Waals surface area contributed by atoms with Crippen molar-refractivity contribution in [2.75, 3.05) is 0 Å². The van der Waals surface area contributed by atoms with Crippen LogP contribution >= 0.6 is 11.6 Å². The molecular weight excluding hydrogens is 388 g/mol. The highest BCUT2D eigenvalue weighted by Gasteiger charge is 2.41. The minimum absolute atomic E-state index is 0.0209. The van der Waals surface area contributed by atoms with Gasteiger partial charge in [-0.05, 0) is 49.1 Å². The quantitative estimate of drug-likeness (QED) is 0.233. The van der Waals surface area contributed by atoms with Gasteiger partial charge in [0.25, 0.3) is 0 Å². The van der Waals surface area contributed by atoms with Crippen LogP contribution in [0.4, 0.5) is 0 Å². The monoisotopic (exact) mass is 422 g/mol. The number of halogens is 1. The number of benzene rings is 1. The molecule has 0 aromatic heterocycles. The lowest BCUT2D eigenvalue weighted by Crippen LogP contribution is -2.18. The average Bonchev–Trinajstić information content (AvgIpc) is 2.97. The summed E-state index contributed by atoms with van der Waals surface area (Å²) in [5.41, 5.74) is 1.99. The van der Waals surface area contributed by atoms with Crippen molar-refractivity contribution in [1.29, 1.82) is 0 Å². The standard InChI is InChI=1S/C24H35ClO4/c1-2-3-6-10-21(26)17-12-14-18(15-13-17)24-19(20(25)16-22(24)27)9-7-4-5-8-11-23(28)29/h4,7,12-15,19-22,24,26-27H,2-3,5-6,8-11,16H2,1H3,(H,28,29)/b7-4-/t19?,20-,21?,22-,24?/m1/s1. The fourth-order valence-corrected chi connectivity index (χ4v) is 4.71. The van der Waals surface area contributed by atoms with E-state index in [1.54, 1.807) is 0 Å². The molecule has 4 nitrogen and oxygen atoms in total. The smallest absolute Gasteiger partial charge is 0.303 e. The SMILES string of the molecule is CCCCCC(O)c1ccc(C2C(C/C=C\CCCC(=O)O)[C@H](Cl)C[C@H]2O)cc1. The van der Waals surface area contributed by atoms with Crippen LogP contribution in [-0.2, 0) is 4.79 Å². The van der Waals surface area contributed by atoms with Gasteiger partial charge in [-0.15, -0.1) is 11.6 Å². The first-order chi connectivity index (χ1) is 13.9. The maximum atomic E-state index is 10.6. The molecule has 0 saturated heterocycles. The number of carboxylic acids is 1. The molecule has 0 spiro atoms. The summed E-state index contributed by atoms with van der Waals surface area (Å²) in [5.74, 6) is -0.646. The third-order valence-electron chi connectivity index (χ3n) is 5.93. The van der Waals surface area contributed by atoms with Gasteiger partial charge in [0, 0.05) is 17.7 Å². The average molecular weight is 423 g/mol. The predicted octanol–water partition coefficient (Wildman–Crippen LogP) is 5.57. The molecule has 0 radical (unpaired) electrons. The van der Waals surface area contributed by atoms with E-state index in [-0.39, 0.29) is 23.6 Å². The number of rotatable bonds is 12. The van der Waals surface area contributed by atoms with E-state index in [0.29, 0.717) is 12.8 Å². The molecule has 1 aromatic carbocycles. The van der Waals surface area contributed by atoms with Crippen molar-refractivity contribution < 1.29 is 20.1 Å². The molecule has 3 unspecified atom stereocenters. The molecule has 0 amide bonds. The summed E-state index contributed by atoms with van der Waals surface area (Å²) < 4.78 is 0. The lowest BCUT2D eigenvalue weighted by molar-refractivity contribution is -0.137. The maximum Gasteiger partial charge on any atom is 0.303 e. The normalized spacial score (nSPS) is 25.5. The number of allylic oxidation sites excluding steroid dienone is 2. The molecule has 5 heteroatoms. The molecule has 1 saturated carbocycles. The number of aliphatic hydroxyl groups excluding tert-OH is 2. The van der Waals surface area contributed by atoms with Crippen molar-refractivity contribution in [3.05, 3.63) is 47.5 Å². The molecule has 0 heterocycles. The molecule has 2 rings (SSSR count). The molecule has 5 atom stereocenters. The fourth-order valence-electron chi connectivity index (χ4n) is 4.26. The molecule has 162 valence electrons. The van der Waals surface area contributed by atoms with Crippen LogP contribution in [0, 0.1) is 5.92 Å². The number of alkyl halides is 1. The largest absolute Gasteiger partial charge is 0.481 e. The maximum absolute atomic E-state index is 10.6. The van der Waals surface area contributed by atoms with Gasteiger partial charge in [-0.2, -0.15) is 0 Å². The fraction of sp³-hybridized carbons (Fsp3) is 0.625. The summed E-state index contributed by atoms with van der Waals surface area (Å²) in [6, 6.07) is 7.98. The van der Waals surface area contributed by atoms with Crippen LogP contribution < -0.4 is 0 Å². The van der Waals surface area contributed by atoms with E-state index >= 15 is 0 Å². The summed E-state index contributed by atoms with van der Waals surface area (Å²) in [6.07, 6.45) is 10.2. The van der Waals surface area contributed by atoms with E-state index in [4.69, 9.17) is 16.7 Å². The van der Waals surface area contributed by atoms with Crippen LogP contribution in [0.15, 0.2) is 36.4 Å². The van der Waals surface area contributed by atoms with Gasteiger partial charge in [-0.25, -0.2) is 0 Å². The Balaban J connectivity index is 1.96. The van der Waals surface area contributed by atoms with Crippen molar-refractivity contribution in [2.24, 2.45) is 5.92 Å². The highest BCUT2D eigenvalue weighted by Crippen LogP contribution is 2.45. The van der Waals surface area contributed by atoms with Crippen molar-refractivity contribution in [1.82, 2.24) is 0 Å². The van der Waals surface area contributed by atoms with E-state index in [0.717, 1.165) is 49.7 Å². The first kappa shape index (κ1) is 23.9. The van der Waals surface area contributed by atoms with Crippen molar-refractivity contribution in [2.45, 2.75) is 88.2 Å². The summed E-state index contributed by atoms with van der Waals surface area (Å²) in [4.78, 5) is 10.6. The molecule has 1 aliphatic rings. The zero-order chi connectivity index (χ0) is 21.2. The van der Waals surface area contributed by atoms with Gasteiger partial charge in [-0.3, -0.25) is 4.79 Å². The third-order valence-corrected chi connectivity index (χ3v) is 6.43. The van der Waals surface area contributed by atoms with E-state index < -0.39 is 18.2 Å². The zero-order valence-electron chi connectivity index (χ0n) is 17.3. The topological polar surface area (TPSA) is 77.8 Å². The second-order valence-corrected chi connectivity index (χ2v) is 8.74. The van der Waals surface area contributed by atoms with Gasteiger partial charge in [0.15, 0.2) is 0 Å². The number of aliphatic hydroxyl groups is 2. The molecular formula is C24H35ClO4. The highest BCUT2D eigenvalue weighted by atomic mass is 35.5. The van der Waals surface area contributed by atoms with Crippen LogP contribution in [-0.4, -0.2) is 32.8 Å². The van der Waals surface area contributed by atoms with Crippen LogP contribution in [0.5, 0.6) is 0 Å². The molecule has 1 fully saturated rings. The first-order valence-electron chi connectivity index (χ1n) is 10.9. The Morgan fingerprint density at radius 2 is 1.93 bits per heavy atom. The Kier molecular flexibility index (Phi) is 10.2. The predicted molar refractivity (Wildman–Crippen MR) is 117 cm³/mol. The highest BCUT2D eigenvalue weighted by molar-refractivity contribution is 6.21. The Labute approximate surface area is 179 Å². The van der Waals surface area contributed by atoms with E-state index in [2.05, 4.69) is 13.0 Å². The molecule has 1 aliphatic carbocycles. The van der Waals surface area contributed by atoms with Gasteiger partial charge in [-0.1, -0.05) is 62.6 Å². The Hall–Kier alpha value is -1.36. The van der Waals surface area contributed by atoms with Crippen LogP contribution in [0.25, 0.3) is 0 Å². The van der Waals surface area contributed by atoms with E-state index in [1.807, 2.05) is 30.3 Å². The number of hydrogen-bond acceptors (Lipinski definition) is 3. The number of aliphatic carboxylic acids is 1. The minimum atomic E-state index is -0.767. The first-order valence-corrected chi connectivity index (χ1v) is 11.3. The van der Waals surface area contributed by atoms with Gasteiger partial charge in [0.1, 0.15) is 0 Å². The second-order valence-electron chi connectivity index (χ2n) is 8.18. The van der Waals surface area contributed by atoms with Crippen molar-refractivity contribution >= 4 is 17.6 Å². The summed E-state index contributed by atoms with van der Waals surface area (Å²) in [7, 11) is 0. The third kappa shape index (κ3) is 7.44. The number of hydrogen-bond donors (Lipinski definition) is 3. The van der Waals surface area contributed by atoms with Crippen molar-refractivity contribution in [3.8, 4) is 0 Å². The molecule has 1 aromatic rings. The Morgan fingerprint density at radius 1 is 1.21 bits per heavy atom. The minimum Gasteiger partial charge on any atom is -0.481 e. The second kappa shape index (κ2) is 12.4. The Morgan fingerprint density at radius 3 is 2.59 bits per heavy atom. The van der Waals surface area contributed by atoms with Crippen LogP contribution in [0.3, 0.4) is 0 Å². The van der Waals surface area contributed by atoms with Crippen LogP contribution in [0.2, 0.25) is 0 Å². The van der Waals surface area contributed by atoms with E-state index in [9.17, 15) is 15.0 Å². The summed E-state index contributed by atoms with van der Waals surface area (Å²) in [6.45, 7) is 2.15.